The molecule has 0 aromatic carbocycles. The molecule has 13 heteroatoms. The zero-order valence-corrected chi connectivity index (χ0v) is 15.1. The number of rotatable bonds is 7. The number of carbonyl (C=O) groups excluding carboxylic acids is 2. The summed E-state index contributed by atoms with van der Waals surface area (Å²) in [6, 6.07) is -1.08. The van der Waals surface area contributed by atoms with E-state index in [9.17, 15) is 22.8 Å². The maximum atomic E-state index is 12.0. The third kappa shape index (κ3) is 8.01. The Bertz CT molecular complexity index is 591. The lowest BCUT2D eigenvalue weighted by Gasteiger charge is -2.21. The predicted octanol–water partition coefficient (Wildman–Crippen LogP) is 0.304. The molecule has 0 aromatic heterocycles. The van der Waals surface area contributed by atoms with Gasteiger partial charge < -0.3 is 15.8 Å². The van der Waals surface area contributed by atoms with Crippen molar-refractivity contribution in [2.45, 2.75) is 44.2 Å². The topological polar surface area (TPSA) is 139 Å². The Hall–Kier alpha value is -1.86. The second-order valence-corrected chi connectivity index (χ2v) is 7.20. The molecule has 1 aliphatic rings. The van der Waals surface area contributed by atoms with E-state index in [1.165, 1.54) is 0 Å². The SMILES string of the molecule is CC(C)(C)OC(=O)CNC1SC(NCOC(F)(F)F)=NC1C(=N)C(N)=O. The fourth-order valence-corrected chi connectivity index (χ4v) is 2.80. The summed E-state index contributed by atoms with van der Waals surface area (Å²) < 4.78 is 44.7. The van der Waals surface area contributed by atoms with Gasteiger partial charge in [-0.05, 0) is 20.8 Å². The van der Waals surface area contributed by atoms with Gasteiger partial charge in [0.05, 0.1) is 11.9 Å². The summed E-state index contributed by atoms with van der Waals surface area (Å²) in [6.45, 7) is 3.91. The van der Waals surface area contributed by atoms with Crippen molar-refractivity contribution in [2.75, 3.05) is 13.3 Å². The number of halogens is 3. The van der Waals surface area contributed by atoms with E-state index in [0.29, 0.717) is 0 Å². The Labute approximate surface area is 151 Å². The highest BCUT2D eigenvalue weighted by Crippen LogP contribution is 2.25. The van der Waals surface area contributed by atoms with Crippen LogP contribution in [0.15, 0.2) is 4.99 Å². The van der Waals surface area contributed by atoms with Crippen LogP contribution in [0.25, 0.3) is 0 Å². The Kier molecular flexibility index (Phi) is 7.41. The lowest BCUT2D eigenvalue weighted by Crippen LogP contribution is -2.45. The molecule has 9 nitrogen and oxygen atoms in total. The van der Waals surface area contributed by atoms with Gasteiger partial charge in [-0.1, -0.05) is 11.8 Å². The van der Waals surface area contributed by atoms with E-state index in [-0.39, 0.29) is 11.7 Å². The Morgan fingerprint density at radius 1 is 1.35 bits per heavy atom. The van der Waals surface area contributed by atoms with Crippen LogP contribution in [0, 0.1) is 5.41 Å². The standard InChI is InChI=1S/C13H20F3N5O4S/c1-12(2,3)25-6(22)4-19-10-8(7(17)9(18)23)21-11(26-10)20-5-24-13(14,15)16/h8,10,17,19H,4-5H2,1-3H3,(H2,18,23)(H,20,21). The van der Waals surface area contributed by atoms with Gasteiger partial charge in [-0.15, -0.1) is 13.2 Å². The first kappa shape index (κ1) is 22.2. The molecule has 0 radical (unpaired) electrons. The first-order valence-corrected chi connectivity index (χ1v) is 8.19. The smallest absolute Gasteiger partial charge is 0.459 e. The second kappa shape index (κ2) is 8.68. The van der Waals surface area contributed by atoms with Crippen molar-refractivity contribution in [3.8, 4) is 0 Å². The summed E-state index contributed by atoms with van der Waals surface area (Å²) in [5, 5.41) is 11.9. The molecule has 0 spiro atoms. The molecule has 1 aliphatic heterocycles. The predicted molar refractivity (Wildman–Crippen MR) is 88.5 cm³/mol. The second-order valence-electron chi connectivity index (χ2n) is 6.07. The van der Waals surface area contributed by atoms with E-state index >= 15 is 0 Å². The summed E-state index contributed by atoms with van der Waals surface area (Å²) in [4.78, 5) is 26.9. The number of amidine groups is 1. The molecule has 0 fully saturated rings. The van der Waals surface area contributed by atoms with E-state index in [1.807, 2.05) is 0 Å². The van der Waals surface area contributed by atoms with E-state index in [4.69, 9.17) is 15.9 Å². The molecule has 148 valence electrons. The minimum absolute atomic E-state index is 0.00642. The van der Waals surface area contributed by atoms with Gasteiger partial charge in [0.25, 0.3) is 5.91 Å². The minimum atomic E-state index is -4.81. The molecule has 26 heavy (non-hydrogen) atoms. The number of aliphatic imine (C=N–C) groups is 1. The molecular formula is C13H20F3N5O4S. The van der Waals surface area contributed by atoms with Crippen molar-refractivity contribution in [1.82, 2.24) is 10.6 Å². The van der Waals surface area contributed by atoms with Gasteiger partial charge in [0.1, 0.15) is 24.1 Å². The molecule has 1 heterocycles. The number of amides is 1. The van der Waals surface area contributed by atoms with Crippen LogP contribution in [0.2, 0.25) is 0 Å². The molecule has 0 aromatic rings. The maximum Gasteiger partial charge on any atom is 0.524 e. The summed E-state index contributed by atoms with van der Waals surface area (Å²) in [6.07, 6.45) is -4.81. The molecule has 5 N–H and O–H groups in total. The van der Waals surface area contributed by atoms with E-state index in [0.717, 1.165) is 11.8 Å². The number of hydrogen-bond acceptors (Lipinski definition) is 9. The van der Waals surface area contributed by atoms with E-state index in [2.05, 4.69) is 20.4 Å². The van der Waals surface area contributed by atoms with Gasteiger partial charge in [-0.3, -0.25) is 25.1 Å². The molecular weight excluding hydrogens is 379 g/mol. The van der Waals surface area contributed by atoms with Crippen LogP contribution >= 0.6 is 11.8 Å². The summed E-state index contributed by atoms with van der Waals surface area (Å²) in [5.41, 5.74) is 3.82. The number of nitrogens with two attached hydrogens (primary N) is 1. The lowest BCUT2D eigenvalue weighted by atomic mass is 10.1. The quantitative estimate of drug-likeness (QED) is 0.274. The number of esters is 1. The molecule has 1 amide bonds. The number of thioether (sulfide) groups is 1. The van der Waals surface area contributed by atoms with Gasteiger partial charge in [-0.2, -0.15) is 0 Å². The summed E-state index contributed by atoms with van der Waals surface area (Å²) in [5.74, 6) is -1.61. The summed E-state index contributed by atoms with van der Waals surface area (Å²) in [7, 11) is 0. The van der Waals surface area contributed by atoms with Crippen molar-refractivity contribution in [1.29, 1.82) is 5.41 Å². The highest BCUT2D eigenvalue weighted by atomic mass is 32.2. The van der Waals surface area contributed by atoms with Gasteiger partial charge in [-0.25, -0.2) is 4.99 Å². The van der Waals surface area contributed by atoms with Crippen molar-refractivity contribution in [3.05, 3.63) is 0 Å². The fraction of sp³-hybridized carbons (Fsp3) is 0.692. The number of primary amides is 1. The molecule has 2 unspecified atom stereocenters. The Morgan fingerprint density at radius 3 is 2.46 bits per heavy atom. The number of ether oxygens (including phenoxy) is 2. The first-order valence-electron chi connectivity index (χ1n) is 7.31. The maximum absolute atomic E-state index is 12.0. The summed E-state index contributed by atoms with van der Waals surface area (Å²) >= 11 is 0.899. The number of nitrogens with zero attached hydrogens (tertiary/aromatic N) is 1. The molecule has 0 saturated carbocycles. The molecule has 1 rings (SSSR count). The van der Waals surface area contributed by atoms with Crippen LogP contribution in [0.3, 0.4) is 0 Å². The average Bonchev–Trinajstić information content (AvgIpc) is 2.84. The van der Waals surface area contributed by atoms with Crippen molar-refractivity contribution >= 4 is 34.5 Å². The molecule has 0 saturated heterocycles. The number of nitrogens with one attached hydrogen (secondary N) is 3. The number of carbonyl (C=O) groups is 2. The van der Waals surface area contributed by atoms with Gasteiger partial charge in [0.15, 0.2) is 5.17 Å². The fourth-order valence-electron chi connectivity index (χ4n) is 1.75. The van der Waals surface area contributed by atoms with Gasteiger partial charge >= 0.3 is 12.3 Å². The van der Waals surface area contributed by atoms with Crippen LogP contribution in [-0.4, -0.2) is 59.4 Å². The van der Waals surface area contributed by atoms with Crippen molar-refractivity contribution in [2.24, 2.45) is 10.7 Å². The number of hydrogen-bond donors (Lipinski definition) is 4. The largest absolute Gasteiger partial charge is 0.524 e. The number of alkyl halides is 3. The zero-order chi connectivity index (χ0) is 20.1. The average molecular weight is 399 g/mol. The Morgan fingerprint density at radius 2 is 1.96 bits per heavy atom. The van der Waals surface area contributed by atoms with Crippen LogP contribution in [0.4, 0.5) is 13.2 Å². The normalized spacial score (nSPS) is 20.5. The highest BCUT2D eigenvalue weighted by molar-refractivity contribution is 8.14. The van der Waals surface area contributed by atoms with Gasteiger partial charge in [0, 0.05) is 0 Å². The van der Waals surface area contributed by atoms with Crippen LogP contribution in [0.5, 0.6) is 0 Å². The molecule has 2 atom stereocenters. The third-order valence-electron chi connectivity index (χ3n) is 2.67. The van der Waals surface area contributed by atoms with Crippen LogP contribution in [0.1, 0.15) is 20.8 Å². The van der Waals surface area contributed by atoms with E-state index < -0.39 is 47.7 Å². The molecule has 0 aliphatic carbocycles. The minimum Gasteiger partial charge on any atom is -0.459 e. The highest BCUT2D eigenvalue weighted by Gasteiger charge is 2.36. The third-order valence-corrected chi connectivity index (χ3v) is 3.82. The van der Waals surface area contributed by atoms with Crippen LogP contribution in [-0.2, 0) is 19.1 Å². The molecule has 0 bridgehead atoms. The van der Waals surface area contributed by atoms with E-state index in [1.54, 1.807) is 20.8 Å². The van der Waals surface area contributed by atoms with Crippen molar-refractivity contribution in [3.63, 3.8) is 0 Å². The van der Waals surface area contributed by atoms with Crippen molar-refractivity contribution < 1.29 is 32.2 Å². The van der Waals surface area contributed by atoms with Gasteiger partial charge in [0.2, 0.25) is 0 Å². The Balaban J connectivity index is 2.67. The lowest BCUT2D eigenvalue weighted by molar-refractivity contribution is -0.325. The zero-order valence-electron chi connectivity index (χ0n) is 14.3. The monoisotopic (exact) mass is 399 g/mol. The first-order chi connectivity index (χ1) is 11.8. The van der Waals surface area contributed by atoms with Crippen LogP contribution < -0.4 is 16.4 Å².